The zero-order valence-corrected chi connectivity index (χ0v) is 11.3. The molecule has 2 heterocycles. The van der Waals surface area contributed by atoms with E-state index in [0.29, 0.717) is 6.04 Å². The lowest BCUT2D eigenvalue weighted by Crippen LogP contribution is -2.48. The van der Waals surface area contributed by atoms with Crippen molar-refractivity contribution in [2.24, 2.45) is 5.92 Å². The number of rotatable bonds is 1. The van der Waals surface area contributed by atoms with Gasteiger partial charge >= 0.3 is 0 Å². The second-order valence-corrected chi connectivity index (χ2v) is 6.21. The molecule has 0 aliphatic carbocycles. The third-order valence-corrected chi connectivity index (χ3v) is 3.77. The van der Waals surface area contributed by atoms with Crippen LogP contribution in [0.25, 0.3) is 0 Å². The zero-order chi connectivity index (χ0) is 12.6. The van der Waals surface area contributed by atoms with E-state index in [9.17, 15) is 0 Å². The quantitative estimate of drug-likeness (QED) is 0.760. The van der Waals surface area contributed by atoms with Crippen molar-refractivity contribution in [2.75, 3.05) is 12.4 Å². The highest BCUT2D eigenvalue weighted by Crippen LogP contribution is 2.37. The maximum atomic E-state index is 5.90. The highest BCUT2D eigenvalue weighted by atomic mass is 15.5. The van der Waals surface area contributed by atoms with Crippen molar-refractivity contribution >= 4 is 0 Å². The Labute approximate surface area is 104 Å². The third kappa shape index (κ3) is 2.46. The Balaban J connectivity index is 2.29. The van der Waals surface area contributed by atoms with Gasteiger partial charge in [0.2, 0.25) is 0 Å². The molecule has 0 saturated carbocycles. The Morgan fingerprint density at radius 2 is 2.12 bits per heavy atom. The molecule has 0 unspecified atom stereocenters. The van der Waals surface area contributed by atoms with Crippen molar-refractivity contribution in [3.05, 3.63) is 18.0 Å². The first-order valence-electron chi connectivity index (χ1n) is 6.45. The van der Waals surface area contributed by atoms with E-state index in [1.165, 1.54) is 17.6 Å². The second-order valence-electron chi connectivity index (χ2n) is 6.21. The number of nitrogen functional groups attached to an aromatic ring is 1. The average molecular weight is 236 g/mol. The summed E-state index contributed by atoms with van der Waals surface area (Å²) in [5.74, 6) is 6.66. The van der Waals surface area contributed by atoms with Crippen LogP contribution in [-0.2, 0) is 0 Å². The first-order chi connectivity index (χ1) is 7.89. The molecular weight excluding hydrogens is 212 g/mol. The molecule has 96 valence electrons. The molecule has 1 aliphatic heterocycles. The number of hydrogen-bond donors (Lipinski definition) is 1. The minimum Gasteiger partial charge on any atom is -0.323 e. The highest BCUT2D eigenvalue weighted by Gasteiger charge is 2.35. The number of hydrogen-bond acceptors (Lipinski definition) is 3. The molecule has 4 nitrogen and oxygen atoms in total. The second kappa shape index (κ2) is 4.33. The fraction of sp³-hybridized carbons (Fsp3) is 0.769. The summed E-state index contributed by atoms with van der Waals surface area (Å²) >= 11 is 0. The van der Waals surface area contributed by atoms with Gasteiger partial charge in [-0.3, -0.25) is 4.90 Å². The van der Waals surface area contributed by atoms with E-state index < -0.39 is 0 Å². The summed E-state index contributed by atoms with van der Waals surface area (Å²) in [6.45, 7) is 10.3. The molecule has 0 amide bonds. The summed E-state index contributed by atoms with van der Waals surface area (Å²) in [6.07, 6.45) is 4.22. The van der Waals surface area contributed by atoms with E-state index in [0.717, 1.165) is 18.2 Å². The Bertz CT molecular complexity index is 377. The first-order valence-corrected chi connectivity index (χ1v) is 6.45. The van der Waals surface area contributed by atoms with Crippen LogP contribution in [0.15, 0.2) is 12.3 Å². The van der Waals surface area contributed by atoms with Crippen molar-refractivity contribution in [3.63, 3.8) is 0 Å². The van der Waals surface area contributed by atoms with Crippen LogP contribution < -0.4 is 5.84 Å². The third-order valence-electron chi connectivity index (χ3n) is 3.77. The zero-order valence-electron chi connectivity index (χ0n) is 11.3. The molecular formula is C13H24N4. The van der Waals surface area contributed by atoms with E-state index in [2.05, 4.69) is 37.7 Å². The topological polar surface area (TPSA) is 47.1 Å². The lowest BCUT2D eigenvalue weighted by molar-refractivity contribution is 0.0291. The van der Waals surface area contributed by atoms with Crippen LogP contribution in [0.4, 0.5) is 0 Å². The lowest BCUT2D eigenvalue weighted by Gasteiger charge is -2.46. The molecule has 2 rings (SSSR count). The van der Waals surface area contributed by atoms with Gasteiger partial charge in [0.15, 0.2) is 0 Å². The lowest BCUT2D eigenvalue weighted by atomic mass is 9.87. The molecule has 0 bridgehead atoms. The van der Waals surface area contributed by atoms with Gasteiger partial charge < -0.3 is 5.84 Å². The summed E-state index contributed by atoms with van der Waals surface area (Å²) in [5.41, 5.74) is 1.31. The van der Waals surface area contributed by atoms with Crippen LogP contribution in [0.3, 0.4) is 0 Å². The van der Waals surface area contributed by atoms with Crippen LogP contribution in [0.1, 0.15) is 52.3 Å². The molecule has 1 aliphatic rings. The molecule has 0 radical (unpaired) electrons. The number of nitrogens with zero attached hydrogens (tertiary/aromatic N) is 3. The summed E-state index contributed by atoms with van der Waals surface area (Å²) in [4.78, 5) is 4.08. The average Bonchev–Trinajstić information content (AvgIpc) is 2.62. The van der Waals surface area contributed by atoms with Gasteiger partial charge in [-0.15, -0.1) is 0 Å². The Morgan fingerprint density at radius 1 is 1.41 bits per heavy atom. The molecule has 17 heavy (non-hydrogen) atoms. The van der Waals surface area contributed by atoms with Crippen LogP contribution in [0, 0.1) is 5.92 Å². The standard InChI is InChI=1S/C13H24N4/c1-10-6-8-16(13(2,3)4)12(9-10)11-5-7-15-17(11)14/h5,7,10,12H,6,8-9,14H2,1-4H3/t10-,12+/m0/s1. The summed E-state index contributed by atoms with van der Waals surface area (Å²) < 4.78 is 0. The van der Waals surface area contributed by atoms with Crippen molar-refractivity contribution in [1.82, 2.24) is 14.8 Å². The molecule has 1 aromatic rings. The van der Waals surface area contributed by atoms with Crippen molar-refractivity contribution in [1.29, 1.82) is 0 Å². The van der Waals surface area contributed by atoms with Gasteiger partial charge in [-0.1, -0.05) is 6.92 Å². The van der Waals surface area contributed by atoms with Gasteiger partial charge in [0.25, 0.3) is 0 Å². The largest absolute Gasteiger partial charge is 0.323 e. The van der Waals surface area contributed by atoms with Gasteiger partial charge in [0, 0.05) is 5.54 Å². The van der Waals surface area contributed by atoms with E-state index in [1.807, 2.05) is 6.07 Å². The minimum absolute atomic E-state index is 0.176. The molecule has 0 aromatic carbocycles. The van der Waals surface area contributed by atoms with Crippen LogP contribution in [0.5, 0.6) is 0 Å². The molecule has 2 atom stereocenters. The molecule has 1 saturated heterocycles. The van der Waals surface area contributed by atoms with E-state index in [4.69, 9.17) is 5.84 Å². The van der Waals surface area contributed by atoms with Crippen LogP contribution >= 0.6 is 0 Å². The van der Waals surface area contributed by atoms with Gasteiger partial charge in [-0.05, 0) is 52.1 Å². The smallest absolute Gasteiger partial charge is 0.0789 e. The van der Waals surface area contributed by atoms with Crippen molar-refractivity contribution < 1.29 is 0 Å². The van der Waals surface area contributed by atoms with Gasteiger partial charge in [-0.25, -0.2) is 0 Å². The first kappa shape index (κ1) is 12.4. The predicted octanol–water partition coefficient (Wildman–Crippen LogP) is 2.17. The fourth-order valence-electron chi connectivity index (χ4n) is 2.81. The normalized spacial score (nSPS) is 27.3. The Kier molecular flexibility index (Phi) is 3.17. The van der Waals surface area contributed by atoms with Gasteiger partial charge in [0.1, 0.15) is 0 Å². The Hall–Kier alpha value is -1.03. The monoisotopic (exact) mass is 236 g/mol. The number of aromatic nitrogens is 2. The summed E-state index contributed by atoms with van der Waals surface area (Å²) in [6, 6.07) is 2.44. The number of piperidine rings is 1. The number of likely N-dealkylation sites (tertiary alicyclic amines) is 1. The highest BCUT2D eigenvalue weighted by molar-refractivity contribution is 5.10. The van der Waals surface area contributed by atoms with Gasteiger partial charge in [0.05, 0.1) is 17.9 Å². The van der Waals surface area contributed by atoms with Crippen molar-refractivity contribution in [2.45, 2.75) is 52.1 Å². The molecule has 0 spiro atoms. The van der Waals surface area contributed by atoms with Crippen molar-refractivity contribution in [3.8, 4) is 0 Å². The summed E-state index contributed by atoms with van der Waals surface area (Å²) in [5, 5.41) is 4.10. The molecule has 4 heteroatoms. The molecule has 1 aromatic heterocycles. The number of nitrogens with two attached hydrogens (primary N) is 1. The maximum Gasteiger partial charge on any atom is 0.0789 e. The predicted molar refractivity (Wildman–Crippen MR) is 70.0 cm³/mol. The summed E-state index contributed by atoms with van der Waals surface area (Å²) in [7, 11) is 0. The molecule has 2 N–H and O–H groups in total. The van der Waals surface area contributed by atoms with Crippen LogP contribution in [-0.4, -0.2) is 26.9 Å². The maximum absolute atomic E-state index is 5.90. The van der Waals surface area contributed by atoms with Crippen LogP contribution in [0.2, 0.25) is 0 Å². The van der Waals surface area contributed by atoms with E-state index in [1.54, 1.807) is 6.20 Å². The molecule has 1 fully saturated rings. The van der Waals surface area contributed by atoms with E-state index in [-0.39, 0.29) is 5.54 Å². The van der Waals surface area contributed by atoms with Gasteiger partial charge in [-0.2, -0.15) is 9.89 Å². The fourth-order valence-corrected chi connectivity index (χ4v) is 2.81. The van der Waals surface area contributed by atoms with E-state index >= 15 is 0 Å². The minimum atomic E-state index is 0.176. The Morgan fingerprint density at radius 3 is 2.65 bits per heavy atom. The SMILES string of the molecule is C[C@H]1CCN(C(C)(C)C)[C@@H](c2ccnn2N)C1.